The first kappa shape index (κ1) is 11.8. The zero-order chi connectivity index (χ0) is 11.8. The third-order valence-corrected chi connectivity index (χ3v) is 4.12. The van der Waals surface area contributed by atoms with E-state index in [1.54, 1.807) is 0 Å². The Morgan fingerprint density at radius 1 is 1.50 bits per heavy atom. The zero-order valence-corrected chi connectivity index (χ0v) is 10.6. The molecule has 0 aromatic carbocycles. The first-order valence-electron chi connectivity index (χ1n) is 5.79. The number of hydrogen-bond donors (Lipinski definition) is 2. The van der Waals surface area contributed by atoms with Crippen LogP contribution in [0.15, 0.2) is 4.52 Å². The predicted molar refractivity (Wildman–Crippen MR) is 64.4 cm³/mol. The van der Waals surface area contributed by atoms with Gasteiger partial charge in [0.1, 0.15) is 0 Å². The molecule has 0 bridgehead atoms. The predicted octanol–water partition coefficient (Wildman–Crippen LogP) is 2.29. The maximum Gasteiger partial charge on any atom is 0.294 e. The van der Waals surface area contributed by atoms with Gasteiger partial charge in [0.05, 0.1) is 0 Å². The molecule has 3 N–H and O–H groups in total. The molecule has 0 spiro atoms. The monoisotopic (exact) mass is 241 g/mol. The number of nitrogens with one attached hydrogen (secondary N) is 1. The van der Waals surface area contributed by atoms with Gasteiger partial charge >= 0.3 is 0 Å². The number of nitrogens with two attached hydrogens (primary N) is 1. The highest BCUT2D eigenvalue weighted by atomic mass is 32.1. The maximum atomic E-state index is 5.95. The molecule has 0 amide bonds. The lowest BCUT2D eigenvalue weighted by molar-refractivity contribution is 0.279. The number of nitrogens with zero attached hydrogens (tertiary/aromatic N) is 1. The second-order valence-electron chi connectivity index (χ2n) is 5.29. The maximum absolute atomic E-state index is 5.95. The summed E-state index contributed by atoms with van der Waals surface area (Å²) in [7, 11) is 0. The lowest BCUT2D eigenvalue weighted by atomic mass is 9.81. The minimum atomic E-state index is 0.175. The van der Waals surface area contributed by atoms with E-state index in [1.165, 1.54) is 0 Å². The molecule has 2 rings (SSSR count). The third-order valence-electron chi connectivity index (χ3n) is 3.94. The molecule has 1 fully saturated rings. The van der Waals surface area contributed by atoms with Crippen LogP contribution in [-0.4, -0.2) is 16.7 Å². The molecule has 0 unspecified atom stereocenters. The summed E-state index contributed by atoms with van der Waals surface area (Å²) in [5.41, 5.74) is 6.12. The fourth-order valence-corrected chi connectivity index (χ4v) is 3.08. The molecule has 1 aromatic rings. The van der Waals surface area contributed by atoms with Crippen molar-refractivity contribution < 1.29 is 4.52 Å². The highest BCUT2D eigenvalue weighted by molar-refractivity contribution is 7.71. The summed E-state index contributed by atoms with van der Waals surface area (Å²) in [6.45, 7) is 5.30. The van der Waals surface area contributed by atoms with Gasteiger partial charge in [-0.25, -0.2) is 0 Å². The summed E-state index contributed by atoms with van der Waals surface area (Å²) < 4.78 is 4.89. The van der Waals surface area contributed by atoms with Crippen LogP contribution in [0.4, 0.5) is 0 Å². The number of aromatic amines is 1. The molecule has 1 aliphatic rings. The van der Waals surface area contributed by atoms with Crippen molar-refractivity contribution in [3.05, 3.63) is 10.7 Å². The summed E-state index contributed by atoms with van der Waals surface area (Å²) in [5.74, 6) is 2.30. The van der Waals surface area contributed by atoms with E-state index in [9.17, 15) is 0 Å². The van der Waals surface area contributed by atoms with E-state index in [1.807, 2.05) is 0 Å². The van der Waals surface area contributed by atoms with Crippen molar-refractivity contribution >= 4 is 12.2 Å². The largest absolute Gasteiger partial charge is 0.330 e. The van der Waals surface area contributed by atoms with Crippen molar-refractivity contribution in [3.8, 4) is 0 Å². The summed E-state index contributed by atoms with van der Waals surface area (Å²) in [5, 5.41) is 3.93. The lowest BCUT2D eigenvalue weighted by Gasteiger charge is -2.26. The summed E-state index contributed by atoms with van der Waals surface area (Å²) in [6.07, 6.45) is 3.18. The molecule has 5 heteroatoms. The Labute approximate surface area is 101 Å². The van der Waals surface area contributed by atoms with Crippen LogP contribution in [0, 0.1) is 22.1 Å². The van der Waals surface area contributed by atoms with Crippen molar-refractivity contribution in [1.82, 2.24) is 10.1 Å². The van der Waals surface area contributed by atoms with Gasteiger partial charge in [0, 0.05) is 6.42 Å². The first-order valence-corrected chi connectivity index (χ1v) is 6.20. The van der Waals surface area contributed by atoms with Crippen molar-refractivity contribution in [3.63, 3.8) is 0 Å². The molecule has 1 saturated carbocycles. The number of H-pyrrole nitrogens is 1. The number of hydrogen-bond acceptors (Lipinski definition) is 4. The normalized spacial score (nSPS) is 28.4. The molecule has 4 nitrogen and oxygen atoms in total. The fraction of sp³-hybridized carbons (Fsp3) is 0.818. The van der Waals surface area contributed by atoms with Gasteiger partial charge in [-0.15, -0.1) is 0 Å². The SMILES string of the molecule is C[C@H]1CC(CN)(Cc2noc(=S)[nH]2)C[C@@H]1C. The van der Waals surface area contributed by atoms with Crippen LogP contribution >= 0.6 is 12.2 Å². The van der Waals surface area contributed by atoms with E-state index in [2.05, 4.69) is 24.0 Å². The Hall–Kier alpha value is -0.680. The second kappa shape index (κ2) is 4.30. The number of aromatic nitrogens is 2. The molecule has 0 aliphatic heterocycles. The van der Waals surface area contributed by atoms with Gasteiger partial charge in [-0.05, 0) is 48.9 Å². The average molecular weight is 241 g/mol. The highest BCUT2D eigenvalue weighted by Crippen LogP contribution is 2.46. The Morgan fingerprint density at radius 2 is 2.12 bits per heavy atom. The molecular weight excluding hydrogens is 222 g/mol. The lowest BCUT2D eigenvalue weighted by Crippen LogP contribution is -2.30. The second-order valence-corrected chi connectivity index (χ2v) is 5.66. The van der Waals surface area contributed by atoms with Gasteiger partial charge < -0.3 is 10.3 Å². The average Bonchev–Trinajstić information content (AvgIpc) is 2.74. The molecular formula is C11H19N3OS. The van der Waals surface area contributed by atoms with Crippen LogP contribution in [0.5, 0.6) is 0 Å². The van der Waals surface area contributed by atoms with E-state index in [0.717, 1.165) is 36.9 Å². The minimum absolute atomic E-state index is 0.175. The first-order chi connectivity index (χ1) is 7.54. The molecule has 0 saturated heterocycles. The van der Waals surface area contributed by atoms with Gasteiger partial charge in [-0.2, -0.15) is 0 Å². The summed E-state index contributed by atoms with van der Waals surface area (Å²) in [6, 6.07) is 0. The quantitative estimate of drug-likeness (QED) is 0.797. The zero-order valence-electron chi connectivity index (χ0n) is 9.82. The minimum Gasteiger partial charge on any atom is -0.330 e. The molecule has 1 aromatic heterocycles. The van der Waals surface area contributed by atoms with Crippen molar-refractivity contribution in [2.45, 2.75) is 33.1 Å². The van der Waals surface area contributed by atoms with Crippen molar-refractivity contribution in [2.24, 2.45) is 23.0 Å². The van der Waals surface area contributed by atoms with Crippen LogP contribution in [0.1, 0.15) is 32.5 Å². The fourth-order valence-electron chi connectivity index (χ4n) is 2.93. The van der Waals surface area contributed by atoms with Crippen LogP contribution in [-0.2, 0) is 6.42 Å². The molecule has 16 heavy (non-hydrogen) atoms. The third kappa shape index (κ3) is 2.20. The molecule has 90 valence electrons. The Balaban J connectivity index is 2.14. The topological polar surface area (TPSA) is 67.8 Å². The van der Waals surface area contributed by atoms with E-state index >= 15 is 0 Å². The van der Waals surface area contributed by atoms with Crippen LogP contribution < -0.4 is 5.73 Å². The van der Waals surface area contributed by atoms with Crippen molar-refractivity contribution in [1.29, 1.82) is 0 Å². The standard InChI is InChI=1S/C11H19N3OS/c1-7-3-11(6-12,4-8(7)2)5-9-13-10(16)15-14-9/h7-8H,3-6,12H2,1-2H3,(H,13,14,16)/t7-,8-/m0/s1. The van der Waals surface area contributed by atoms with E-state index in [-0.39, 0.29) is 5.41 Å². The Kier molecular flexibility index (Phi) is 3.17. The van der Waals surface area contributed by atoms with Crippen LogP contribution in [0.2, 0.25) is 0 Å². The van der Waals surface area contributed by atoms with Crippen molar-refractivity contribution in [2.75, 3.05) is 6.54 Å². The Morgan fingerprint density at radius 3 is 2.56 bits per heavy atom. The number of rotatable bonds is 3. The summed E-state index contributed by atoms with van der Waals surface area (Å²) >= 11 is 4.88. The van der Waals surface area contributed by atoms with Gasteiger partial charge in [-0.1, -0.05) is 19.0 Å². The Bertz CT molecular complexity index is 401. The smallest absolute Gasteiger partial charge is 0.294 e. The molecule has 0 radical (unpaired) electrons. The van der Waals surface area contributed by atoms with Crippen LogP contribution in [0.25, 0.3) is 0 Å². The van der Waals surface area contributed by atoms with Crippen LogP contribution in [0.3, 0.4) is 0 Å². The highest BCUT2D eigenvalue weighted by Gasteiger charge is 2.41. The molecule has 2 atom stereocenters. The van der Waals surface area contributed by atoms with E-state index < -0.39 is 0 Å². The van der Waals surface area contributed by atoms with E-state index in [0.29, 0.717) is 11.4 Å². The molecule has 1 aliphatic carbocycles. The van der Waals surface area contributed by atoms with Gasteiger partial charge in [0.15, 0.2) is 5.82 Å². The molecule has 1 heterocycles. The van der Waals surface area contributed by atoms with E-state index in [4.69, 9.17) is 22.5 Å². The van der Waals surface area contributed by atoms with Gasteiger partial charge in [0.25, 0.3) is 4.84 Å². The van der Waals surface area contributed by atoms with Gasteiger partial charge in [0.2, 0.25) is 0 Å². The van der Waals surface area contributed by atoms with Gasteiger partial charge in [-0.3, -0.25) is 4.98 Å². The summed E-state index contributed by atoms with van der Waals surface area (Å²) in [4.78, 5) is 3.32.